The zero-order valence-electron chi connectivity index (χ0n) is 9.23. The highest BCUT2D eigenvalue weighted by molar-refractivity contribution is 5.85. The quantitative estimate of drug-likeness (QED) is 0.786. The summed E-state index contributed by atoms with van der Waals surface area (Å²) < 4.78 is 0. The third-order valence-electron chi connectivity index (χ3n) is 3.18. The number of hydrogen-bond donors (Lipinski definition) is 1. The molecule has 2 rings (SSSR count). The van der Waals surface area contributed by atoms with Crippen molar-refractivity contribution in [2.75, 3.05) is 0 Å². The summed E-state index contributed by atoms with van der Waals surface area (Å²) in [5.74, 6) is -0.183. The van der Waals surface area contributed by atoms with Crippen molar-refractivity contribution in [3.8, 4) is 0 Å². The van der Waals surface area contributed by atoms with Crippen LogP contribution >= 0.6 is 0 Å². The Labute approximate surface area is 95.6 Å². The Morgan fingerprint density at radius 3 is 2.38 bits per heavy atom. The van der Waals surface area contributed by atoms with Gasteiger partial charge in [0.05, 0.1) is 0 Å². The first-order chi connectivity index (χ1) is 7.75. The van der Waals surface area contributed by atoms with Crippen LogP contribution in [-0.4, -0.2) is 11.1 Å². The van der Waals surface area contributed by atoms with Crippen LogP contribution in [0.5, 0.6) is 0 Å². The highest BCUT2D eigenvalue weighted by atomic mass is 16.4. The minimum Gasteiger partial charge on any atom is -0.478 e. The zero-order valence-corrected chi connectivity index (χ0v) is 9.23. The molecular formula is C14H16O2. The van der Waals surface area contributed by atoms with Gasteiger partial charge in [-0.2, -0.15) is 0 Å². The highest BCUT2D eigenvalue weighted by Crippen LogP contribution is 2.33. The minimum atomic E-state index is -0.903. The predicted octanol–water partition coefficient (Wildman–Crippen LogP) is 3.44. The van der Waals surface area contributed by atoms with Crippen LogP contribution in [0.3, 0.4) is 0 Å². The number of carbonyl (C=O) groups is 1. The van der Waals surface area contributed by atoms with E-state index < -0.39 is 5.97 Å². The van der Waals surface area contributed by atoms with E-state index >= 15 is 0 Å². The number of rotatable bonds is 3. The number of benzene rings is 1. The topological polar surface area (TPSA) is 37.3 Å². The Morgan fingerprint density at radius 1 is 1.19 bits per heavy atom. The van der Waals surface area contributed by atoms with E-state index in [-0.39, 0.29) is 0 Å². The molecule has 0 amide bonds. The van der Waals surface area contributed by atoms with Gasteiger partial charge in [0.15, 0.2) is 0 Å². The summed E-state index contributed by atoms with van der Waals surface area (Å²) in [5.41, 5.74) is 2.34. The smallest absolute Gasteiger partial charge is 0.328 e. The minimum absolute atomic E-state index is 0.720. The second-order valence-corrected chi connectivity index (χ2v) is 4.32. The van der Waals surface area contributed by atoms with Crippen LogP contribution in [0, 0.1) is 0 Å². The largest absolute Gasteiger partial charge is 0.478 e. The first-order valence-corrected chi connectivity index (χ1v) is 5.76. The second kappa shape index (κ2) is 4.97. The van der Waals surface area contributed by atoms with Crippen molar-refractivity contribution >= 4 is 12.0 Å². The molecule has 16 heavy (non-hydrogen) atoms. The molecule has 0 atom stereocenters. The van der Waals surface area contributed by atoms with Crippen LogP contribution in [0.2, 0.25) is 0 Å². The van der Waals surface area contributed by atoms with E-state index in [1.807, 2.05) is 12.1 Å². The Morgan fingerprint density at radius 2 is 1.81 bits per heavy atom. The van der Waals surface area contributed by atoms with Gasteiger partial charge in [-0.15, -0.1) is 0 Å². The monoisotopic (exact) mass is 216 g/mol. The lowest BCUT2D eigenvalue weighted by atomic mass is 9.97. The molecule has 1 aliphatic rings. The average molecular weight is 216 g/mol. The molecule has 0 unspecified atom stereocenters. The average Bonchev–Trinajstić information content (AvgIpc) is 2.80. The first kappa shape index (κ1) is 10.9. The van der Waals surface area contributed by atoms with E-state index in [0.717, 1.165) is 11.5 Å². The van der Waals surface area contributed by atoms with Crippen LogP contribution < -0.4 is 0 Å². The summed E-state index contributed by atoms with van der Waals surface area (Å²) in [5, 5.41) is 8.52. The van der Waals surface area contributed by atoms with E-state index in [0.29, 0.717) is 0 Å². The molecule has 1 N–H and O–H groups in total. The number of aliphatic carboxylic acids is 1. The van der Waals surface area contributed by atoms with Crippen molar-refractivity contribution < 1.29 is 9.90 Å². The van der Waals surface area contributed by atoms with E-state index in [1.165, 1.54) is 37.3 Å². The molecule has 1 aromatic carbocycles. The molecular weight excluding hydrogens is 200 g/mol. The first-order valence-electron chi connectivity index (χ1n) is 5.76. The van der Waals surface area contributed by atoms with E-state index in [1.54, 1.807) is 6.08 Å². The van der Waals surface area contributed by atoms with Crippen molar-refractivity contribution in [3.63, 3.8) is 0 Å². The van der Waals surface area contributed by atoms with Gasteiger partial charge in [0.25, 0.3) is 0 Å². The molecule has 1 fully saturated rings. The van der Waals surface area contributed by atoms with E-state index in [4.69, 9.17) is 5.11 Å². The van der Waals surface area contributed by atoms with Gasteiger partial charge in [-0.1, -0.05) is 37.1 Å². The molecule has 2 nitrogen and oxygen atoms in total. The molecule has 0 aliphatic heterocycles. The van der Waals surface area contributed by atoms with Gasteiger partial charge in [-0.05, 0) is 36.0 Å². The molecule has 1 aliphatic carbocycles. The van der Waals surface area contributed by atoms with Crippen molar-refractivity contribution in [2.45, 2.75) is 31.6 Å². The highest BCUT2D eigenvalue weighted by Gasteiger charge is 2.16. The van der Waals surface area contributed by atoms with Crippen molar-refractivity contribution in [3.05, 3.63) is 41.5 Å². The number of hydrogen-bond acceptors (Lipinski definition) is 1. The maximum absolute atomic E-state index is 10.4. The molecule has 0 spiro atoms. The van der Waals surface area contributed by atoms with E-state index in [9.17, 15) is 4.79 Å². The third kappa shape index (κ3) is 2.72. The number of carboxylic acid groups (broad SMARTS) is 1. The van der Waals surface area contributed by atoms with Gasteiger partial charge < -0.3 is 5.11 Å². The fourth-order valence-electron chi connectivity index (χ4n) is 2.31. The van der Waals surface area contributed by atoms with Crippen LogP contribution in [0.1, 0.15) is 42.7 Å². The molecule has 0 saturated heterocycles. The predicted molar refractivity (Wildman–Crippen MR) is 64.3 cm³/mol. The van der Waals surface area contributed by atoms with Gasteiger partial charge in [0.2, 0.25) is 0 Å². The third-order valence-corrected chi connectivity index (χ3v) is 3.18. The summed E-state index contributed by atoms with van der Waals surface area (Å²) in [6.07, 6.45) is 8.07. The van der Waals surface area contributed by atoms with Gasteiger partial charge in [0.1, 0.15) is 0 Å². The molecule has 84 valence electrons. The molecule has 0 heterocycles. The van der Waals surface area contributed by atoms with Gasteiger partial charge >= 0.3 is 5.97 Å². The van der Waals surface area contributed by atoms with Gasteiger partial charge in [-0.3, -0.25) is 0 Å². The Hall–Kier alpha value is -1.57. The van der Waals surface area contributed by atoms with Crippen molar-refractivity contribution in [1.29, 1.82) is 0 Å². The Balaban J connectivity index is 2.06. The molecule has 0 bridgehead atoms. The lowest BCUT2D eigenvalue weighted by Crippen LogP contribution is -1.91. The zero-order chi connectivity index (χ0) is 11.4. The molecule has 2 heteroatoms. The maximum Gasteiger partial charge on any atom is 0.328 e. The standard InChI is InChI=1S/C14H16O2/c15-14(16)10-7-11-5-8-13(9-6-11)12-3-1-2-4-12/h5-10,12H,1-4H2,(H,15,16). The Bertz CT molecular complexity index is 384. The normalized spacial score (nSPS) is 17.0. The van der Waals surface area contributed by atoms with Crippen molar-refractivity contribution in [1.82, 2.24) is 0 Å². The summed E-state index contributed by atoms with van der Waals surface area (Å²) in [6.45, 7) is 0. The second-order valence-electron chi connectivity index (χ2n) is 4.32. The lowest BCUT2D eigenvalue weighted by molar-refractivity contribution is -0.131. The molecule has 0 aromatic heterocycles. The van der Waals surface area contributed by atoms with Gasteiger partial charge in [0, 0.05) is 6.08 Å². The summed E-state index contributed by atoms with van der Waals surface area (Å²) >= 11 is 0. The van der Waals surface area contributed by atoms with Crippen molar-refractivity contribution in [2.24, 2.45) is 0 Å². The SMILES string of the molecule is O=C(O)C=Cc1ccc(C2CCCC2)cc1. The number of carboxylic acids is 1. The fourth-order valence-corrected chi connectivity index (χ4v) is 2.31. The lowest BCUT2D eigenvalue weighted by Gasteiger charge is -2.08. The van der Waals surface area contributed by atoms with Crippen LogP contribution in [0.25, 0.3) is 6.08 Å². The molecule has 1 aromatic rings. The summed E-state index contributed by atoms with van der Waals surface area (Å²) in [6, 6.07) is 8.23. The van der Waals surface area contributed by atoms with Gasteiger partial charge in [-0.25, -0.2) is 4.79 Å². The van der Waals surface area contributed by atoms with E-state index in [2.05, 4.69) is 12.1 Å². The van der Waals surface area contributed by atoms with Crippen LogP contribution in [-0.2, 0) is 4.79 Å². The summed E-state index contributed by atoms with van der Waals surface area (Å²) in [4.78, 5) is 10.4. The summed E-state index contributed by atoms with van der Waals surface area (Å²) in [7, 11) is 0. The van der Waals surface area contributed by atoms with Crippen LogP contribution in [0.4, 0.5) is 0 Å². The molecule has 0 radical (unpaired) electrons. The fraction of sp³-hybridized carbons (Fsp3) is 0.357. The Kier molecular flexibility index (Phi) is 3.40. The molecule has 1 saturated carbocycles. The van der Waals surface area contributed by atoms with Crippen LogP contribution in [0.15, 0.2) is 30.3 Å². The maximum atomic E-state index is 10.4.